The fourth-order valence-corrected chi connectivity index (χ4v) is 2.23. The summed E-state index contributed by atoms with van der Waals surface area (Å²) >= 11 is 0. The number of hydrogen-bond acceptors (Lipinski definition) is 4. The highest BCUT2D eigenvalue weighted by Crippen LogP contribution is 2.16. The monoisotopic (exact) mass is 277 g/mol. The Kier molecular flexibility index (Phi) is 3.35. The number of carbonyl (C=O) groups excluding carboxylic acids is 1. The third kappa shape index (κ3) is 1.78. The average Bonchev–Trinajstić information content (AvgIpc) is 2.82. The summed E-state index contributed by atoms with van der Waals surface area (Å²) in [6.45, 7) is 3.90. The van der Waals surface area contributed by atoms with Gasteiger partial charge in [0.1, 0.15) is 11.3 Å². The van der Waals surface area contributed by atoms with E-state index in [1.807, 2.05) is 0 Å². The maximum atomic E-state index is 12.1. The number of fused-ring (bicyclic) bond motifs is 1. The first kappa shape index (κ1) is 13.9. The van der Waals surface area contributed by atoms with Gasteiger partial charge in [-0.2, -0.15) is 0 Å². The number of carbonyl (C=O) groups is 1. The van der Waals surface area contributed by atoms with Crippen molar-refractivity contribution < 1.29 is 9.53 Å². The summed E-state index contributed by atoms with van der Waals surface area (Å²) < 4.78 is 8.57. The summed E-state index contributed by atoms with van der Waals surface area (Å²) in [6.07, 6.45) is 1.58. The van der Waals surface area contributed by atoms with Crippen LogP contribution in [0.4, 0.5) is 0 Å². The summed E-state index contributed by atoms with van der Waals surface area (Å²) in [5, 5.41) is 0.289. The number of nitrogens with zero attached hydrogens (tertiary/aromatic N) is 3. The number of ether oxygens (including phenoxy) is 1. The van der Waals surface area contributed by atoms with Crippen LogP contribution in [0.3, 0.4) is 0 Å². The van der Waals surface area contributed by atoms with Gasteiger partial charge in [-0.15, -0.1) is 6.58 Å². The Morgan fingerprint density at radius 2 is 2.00 bits per heavy atom. The first-order valence-electron chi connectivity index (χ1n) is 5.92. The van der Waals surface area contributed by atoms with E-state index in [1.54, 1.807) is 13.1 Å². The largest absolute Gasteiger partial charge is 0.464 e. The zero-order chi connectivity index (χ0) is 15.0. The van der Waals surface area contributed by atoms with Gasteiger partial charge in [0.05, 0.1) is 12.5 Å². The summed E-state index contributed by atoms with van der Waals surface area (Å²) in [4.78, 5) is 35.9. The van der Waals surface area contributed by atoms with Gasteiger partial charge in [-0.25, -0.2) is 9.59 Å². The zero-order valence-corrected chi connectivity index (χ0v) is 11.5. The van der Waals surface area contributed by atoms with Crippen molar-refractivity contribution in [2.45, 2.75) is 6.54 Å². The summed E-state index contributed by atoms with van der Waals surface area (Å²) in [6, 6.07) is 1.44. The van der Waals surface area contributed by atoms with E-state index in [0.29, 0.717) is 5.65 Å². The highest BCUT2D eigenvalue weighted by atomic mass is 16.5. The number of aromatic nitrogens is 3. The molecule has 0 bridgehead atoms. The summed E-state index contributed by atoms with van der Waals surface area (Å²) in [5.41, 5.74) is -0.322. The van der Waals surface area contributed by atoms with E-state index in [1.165, 1.54) is 29.4 Å². The van der Waals surface area contributed by atoms with E-state index in [0.717, 1.165) is 4.57 Å². The molecule has 0 aliphatic carbocycles. The van der Waals surface area contributed by atoms with E-state index in [-0.39, 0.29) is 17.6 Å². The summed E-state index contributed by atoms with van der Waals surface area (Å²) in [5.74, 6) is -0.572. The van der Waals surface area contributed by atoms with Gasteiger partial charge in [-0.1, -0.05) is 6.08 Å². The van der Waals surface area contributed by atoms with Gasteiger partial charge in [0.15, 0.2) is 0 Å². The smallest absolute Gasteiger partial charge is 0.354 e. The van der Waals surface area contributed by atoms with E-state index in [4.69, 9.17) is 4.74 Å². The Labute approximate surface area is 114 Å². The molecule has 2 heterocycles. The van der Waals surface area contributed by atoms with Gasteiger partial charge in [0.25, 0.3) is 5.56 Å². The van der Waals surface area contributed by atoms with Crippen LogP contribution >= 0.6 is 0 Å². The SMILES string of the molecule is C=CCn1c(C(=O)OC)cc2c(=O)n(C)c(=O)n(C)c21. The molecule has 0 atom stereocenters. The predicted octanol–water partition coefficient (Wildman–Crippen LogP) is 0.0113. The predicted molar refractivity (Wildman–Crippen MR) is 74.0 cm³/mol. The number of esters is 1. The van der Waals surface area contributed by atoms with Crippen molar-refractivity contribution in [2.24, 2.45) is 14.1 Å². The molecule has 2 rings (SSSR count). The van der Waals surface area contributed by atoms with Crippen LogP contribution in [0.2, 0.25) is 0 Å². The van der Waals surface area contributed by atoms with Gasteiger partial charge >= 0.3 is 11.7 Å². The van der Waals surface area contributed by atoms with Crippen LogP contribution in [0.1, 0.15) is 10.5 Å². The molecule has 2 aromatic heterocycles. The van der Waals surface area contributed by atoms with E-state index >= 15 is 0 Å². The standard InChI is InChI=1S/C13H15N3O4/c1-5-6-16-9(12(18)20-4)7-8-10(16)14(2)13(19)15(3)11(8)17/h5,7H,1,6H2,2-4H3. The van der Waals surface area contributed by atoms with Crippen molar-refractivity contribution in [2.75, 3.05) is 7.11 Å². The molecule has 106 valence electrons. The molecule has 2 aromatic rings. The molecule has 0 saturated carbocycles. The Morgan fingerprint density at radius 3 is 2.55 bits per heavy atom. The lowest BCUT2D eigenvalue weighted by atomic mass is 10.3. The highest BCUT2D eigenvalue weighted by molar-refractivity contribution is 5.94. The number of aryl methyl sites for hydroxylation is 1. The van der Waals surface area contributed by atoms with E-state index in [9.17, 15) is 14.4 Å². The van der Waals surface area contributed by atoms with Crippen molar-refractivity contribution in [1.29, 1.82) is 0 Å². The van der Waals surface area contributed by atoms with Gasteiger partial charge in [0, 0.05) is 20.6 Å². The van der Waals surface area contributed by atoms with Crippen LogP contribution in [0.15, 0.2) is 28.3 Å². The molecule has 0 N–H and O–H groups in total. The Hall–Kier alpha value is -2.57. The molecule has 7 nitrogen and oxygen atoms in total. The van der Waals surface area contributed by atoms with Crippen LogP contribution in [0, 0.1) is 0 Å². The van der Waals surface area contributed by atoms with E-state index in [2.05, 4.69) is 6.58 Å². The van der Waals surface area contributed by atoms with Gasteiger partial charge < -0.3 is 9.30 Å². The van der Waals surface area contributed by atoms with Crippen LogP contribution < -0.4 is 11.2 Å². The third-order valence-corrected chi connectivity index (χ3v) is 3.20. The zero-order valence-electron chi connectivity index (χ0n) is 11.5. The van der Waals surface area contributed by atoms with Crippen molar-refractivity contribution in [3.05, 3.63) is 45.3 Å². The number of rotatable bonds is 3. The minimum atomic E-state index is -0.572. The quantitative estimate of drug-likeness (QED) is 0.585. The van der Waals surface area contributed by atoms with Crippen molar-refractivity contribution in [3.8, 4) is 0 Å². The minimum absolute atomic E-state index is 0.209. The van der Waals surface area contributed by atoms with Crippen LogP contribution in [0.25, 0.3) is 11.0 Å². The second kappa shape index (κ2) is 4.84. The average molecular weight is 277 g/mol. The normalized spacial score (nSPS) is 10.8. The lowest BCUT2D eigenvalue weighted by molar-refractivity contribution is 0.0589. The molecule has 0 spiro atoms. The van der Waals surface area contributed by atoms with Crippen molar-refractivity contribution in [1.82, 2.24) is 13.7 Å². The van der Waals surface area contributed by atoms with Crippen LogP contribution in [0.5, 0.6) is 0 Å². The first-order chi connectivity index (χ1) is 9.43. The van der Waals surface area contributed by atoms with Gasteiger partial charge in [-0.05, 0) is 6.07 Å². The molecule has 0 radical (unpaired) electrons. The van der Waals surface area contributed by atoms with Gasteiger partial charge in [0.2, 0.25) is 0 Å². The fraction of sp³-hybridized carbons (Fsp3) is 0.308. The molecule has 0 aliphatic heterocycles. The maximum absolute atomic E-state index is 12.1. The number of allylic oxidation sites excluding steroid dienone is 1. The Bertz CT molecular complexity index is 823. The highest BCUT2D eigenvalue weighted by Gasteiger charge is 2.20. The lowest BCUT2D eigenvalue weighted by Gasteiger charge is -2.10. The lowest BCUT2D eigenvalue weighted by Crippen LogP contribution is -2.37. The van der Waals surface area contributed by atoms with Crippen molar-refractivity contribution in [3.63, 3.8) is 0 Å². The topological polar surface area (TPSA) is 75.2 Å². The fourth-order valence-electron chi connectivity index (χ4n) is 2.23. The molecule has 0 aliphatic rings. The molecule has 0 unspecified atom stereocenters. The minimum Gasteiger partial charge on any atom is -0.464 e. The van der Waals surface area contributed by atoms with Crippen LogP contribution in [-0.4, -0.2) is 26.8 Å². The number of hydrogen-bond donors (Lipinski definition) is 0. The van der Waals surface area contributed by atoms with Crippen molar-refractivity contribution >= 4 is 17.0 Å². The molecule has 0 aromatic carbocycles. The maximum Gasteiger partial charge on any atom is 0.354 e. The molecule has 20 heavy (non-hydrogen) atoms. The molecule has 0 saturated heterocycles. The molecule has 0 fully saturated rings. The third-order valence-electron chi connectivity index (χ3n) is 3.20. The first-order valence-corrected chi connectivity index (χ1v) is 5.92. The van der Waals surface area contributed by atoms with Crippen LogP contribution in [-0.2, 0) is 25.4 Å². The second-order valence-corrected chi connectivity index (χ2v) is 4.36. The molecular weight excluding hydrogens is 262 g/mol. The molecule has 0 amide bonds. The van der Waals surface area contributed by atoms with E-state index < -0.39 is 17.2 Å². The Morgan fingerprint density at radius 1 is 1.35 bits per heavy atom. The molecule has 7 heteroatoms. The Balaban J connectivity index is 3.03. The number of methoxy groups -OCH3 is 1. The van der Waals surface area contributed by atoms with Gasteiger partial charge in [-0.3, -0.25) is 13.9 Å². The second-order valence-electron chi connectivity index (χ2n) is 4.36. The molecular formula is C13H15N3O4. The summed E-state index contributed by atoms with van der Waals surface area (Å²) in [7, 11) is 4.20.